The van der Waals surface area contributed by atoms with Crippen molar-refractivity contribution in [3.63, 3.8) is 0 Å². The van der Waals surface area contributed by atoms with Crippen LogP contribution in [0.5, 0.6) is 5.75 Å². The lowest BCUT2D eigenvalue weighted by atomic mass is 9.94. The quantitative estimate of drug-likeness (QED) is 0.763. The van der Waals surface area contributed by atoms with Gasteiger partial charge >= 0.3 is 0 Å². The third kappa shape index (κ3) is 2.98. The van der Waals surface area contributed by atoms with Crippen molar-refractivity contribution in [2.45, 2.75) is 52.4 Å². The summed E-state index contributed by atoms with van der Waals surface area (Å²) in [7, 11) is 0. The second-order valence-electron chi connectivity index (χ2n) is 4.27. The van der Waals surface area contributed by atoms with E-state index in [0.717, 1.165) is 30.4 Å². The summed E-state index contributed by atoms with van der Waals surface area (Å²) in [6.45, 7) is 6.50. The van der Waals surface area contributed by atoms with Gasteiger partial charge in [-0.2, -0.15) is 0 Å². The number of rotatable bonds is 5. The van der Waals surface area contributed by atoms with E-state index in [9.17, 15) is 5.11 Å². The summed E-state index contributed by atoms with van der Waals surface area (Å²) < 4.78 is 0. The fraction of sp³-hybridized carbons (Fsp3) is 0.571. The van der Waals surface area contributed by atoms with E-state index in [1.54, 1.807) is 0 Å². The van der Waals surface area contributed by atoms with Gasteiger partial charge in [0.1, 0.15) is 5.75 Å². The topological polar surface area (TPSA) is 20.2 Å². The lowest BCUT2D eigenvalue weighted by Crippen LogP contribution is -1.95. The number of benzene rings is 1. The summed E-state index contributed by atoms with van der Waals surface area (Å²) in [5.41, 5.74) is 2.21. The maximum absolute atomic E-state index is 10.1. The predicted molar refractivity (Wildman–Crippen MR) is 65.4 cm³/mol. The highest BCUT2D eigenvalue weighted by atomic mass is 16.3. The minimum atomic E-state index is 0.451. The molecule has 0 spiro atoms. The first kappa shape index (κ1) is 12.1. The van der Waals surface area contributed by atoms with Crippen LogP contribution in [0, 0.1) is 0 Å². The number of aryl methyl sites for hydroxylation is 1. The fourth-order valence-electron chi connectivity index (χ4n) is 1.80. The van der Waals surface area contributed by atoms with Crippen molar-refractivity contribution < 1.29 is 5.11 Å². The third-order valence-corrected chi connectivity index (χ3v) is 3.09. The van der Waals surface area contributed by atoms with Crippen LogP contribution in [-0.2, 0) is 6.42 Å². The summed E-state index contributed by atoms with van der Waals surface area (Å²) in [6.07, 6.45) is 4.39. The maximum atomic E-state index is 10.1. The number of para-hydroxylation sites is 1. The molecule has 1 atom stereocenters. The second-order valence-corrected chi connectivity index (χ2v) is 4.27. The highest BCUT2D eigenvalue weighted by Crippen LogP contribution is 2.31. The number of unbranched alkanes of at least 4 members (excludes halogenated alkanes) is 1. The summed E-state index contributed by atoms with van der Waals surface area (Å²) in [6, 6.07) is 6.14. The molecule has 0 radical (unpaired) electrons. The van der Waals surface area contributed by atoms with Gasteiger partial charge in [-0.3, -0.25) is 0 Å². The Bertz CT molecular complexity index is 304. The Labute approximate surface area is 93.1 Å². The van der Waals surface area contributed by atoms with E-state index >= 15 is 0 Å². The van der Waals surface area contributed by atoms with E-state index in [4.69, 9.17) is 0 Å². The van der Waals surface area contributed by atoms with E-state index in [1.807, 2.05) is 12.1 Å². The molecular formula is C14H22O. The van der Waals surface area contributed by atoms with Crippen molar-refractivity contribution >= 4 is 0 Å². The zero-order valence-corrected chi connectivity index (χ0v) is 10.1. The van der Waals surface area contributed by atoms with Crippen LogP contribution in [0.25, 0.3) is 0 Å². The zero-order chi connectivity index (χ0) is 11.3. The van der Waals surface area contributed by atoms with Crippen molar-refractivity contribution in [2.75, 3.05) is 0 Å². The van der Waals surface area contributed by atoms with Gasteiger partial charge in [-0.25, -0.2) is 0 Å². The average molecular weight is 206 g/mol. The SMILES string of the molecule is CCCCc1cccc([C@H](C)CC)c1O. The molecule has 1 rings (SSSR count). The van der Waals surface area contributed by atoms with E-state index < -0.39 is 0 Å². The Morgan fingerprint density at radius 2 is 2.00 bits per heavy atom. The van der Waals surface area contributed by atoms with Crippen molar-refractivity contribution in [3.8, 4) is 5.75 Å². The van der Waals surface area contributed by atoms with Gasteiger partial charge in [0.2, 0.25) is 0 Å². The summed E-state index contributed by atoms with van der Waals surface area (Å²) in [4.78, 5) is 0. The van der Waals surface area contributed by atoms with Crippen LogP contribution < -0.4 is 0 Å². The van der Waals surface area contributed by atoms with Gasteiger partial charge in [-0.1, -0.05) is 45.4 Å². The summed E-state index contributed by atoms with van der Waals surface area (Å²) in [5.74, 6) is 0.979. The van der Waals surface area contributed by atoms with Gasteiger partial charge in [0.15, 0.2) is 0 Å². The molecule has 0 heterocycles. The molecule has 1 N–H and O–H groups in total. The first-order valence-electron chi connectivity index (χ1n) is 6.01. The molecule has 0 bridgehead atoms. The third-order valence-electron chi connectivity index (χ3n) is 3.09. The smallest absolute Gasteiger partial charge is 0.122 e. The first-order valence-corrected chi connectivity index (χ1v) is 6.01. The first-order chi connectivity index (χ1) is 7.20. The highest BCUT2D eigenvalue weighted by molar-refractivity contribution is 5.42. The Hall–Kier alpha value is -0.980. The molecule has 0 amide bonds. The molecular weight excluding hydrogens is 184 g/mol. The molecule has 1 aromatic carbocycles. The minimum absolute atomic E-state index is 0.451. The van der Waals surface area contributed by atoms with Gasteiger partial charge in [0, 0.05) is 0 Å². The summed E-state index contributed by atoms with van der Waals surface area (Å²) >= 11 is 0. The largest absolute Gasteiger partial charge is 0.507 e. The minimum Gasteiger partial charge on any atom is -0.507 e. The molecule has 0 aliphatic carbocycles. The Kier molecular flexibility index (Phi) is 4.67. The Morgan fingerprint density at radius 3 is 2.60 bits per heavy atom. The number of phenolic OH excluding ortho intramolecular Hbond substituents is 1. The molecule has 1 nitrogen and oxygen atoms in total. The normalized spacial score (nSPS) is 12.7. The van der Waals surface area contributed by atoms with Crippen molar-refractivity contribution in [1.29, 1.82) is 0 Å². The van der Waals surface area contributed by atoms with E-state index in [0.29, 0.717) is 11.7 Å². The van der Waals surface area contributed by atoms with Crippen LogP contribution in [0.2, 0.25) is 0 Å². The number of phenols is 1. The van der Waals surface area contributed by atoms with Crippen molar-refractivity contribution in [3.05, 3.63) is 29.3 Å². The van der Waals surface area contributed by atoms with Crippen LogP contribution in [-0.4, -0.2) is 5.11 Å². The lowest BCUT2D eigenvalue weighted by Gasteiger charge is -2.14. The van der Waals surface area contributed by atoms with Gasteiger partial charge in [-0.05, 0) is 36.3 Å². The highest BCUT2D eigenvalue weighted by Gasteiger charge is 2.11. The van der Waals surface area contributed by atoms with Crippen LogP contribution in [0.15, 0.2) is 18.2 Å². The molecule has 1 heteroatoms. The molecule has 1 aromatic rings. The standard InChI is InChI=1S/C14H22O/c1-4-6-8-12-9-7-10-13(14(12)15)11(3)5-2/h7,9-11,15H,4-6,8H2,1-3H3/t11-/m1/s1. The lowest BCUT2D eigenvalue weighted by molar-refractivity contribution is 0.454. The molecule has 0 aromatic heterocycles. The van der Waals surface area contributed by atoms with Crippen LogP contribution >= 0.6 is 0 Å². The number of aromatic hydroxyl groups is 1. The second kappa shape index (κ2) is 5.79. The van der Waals surface area contributed by atoms with E-state index in [-0.39, 0.29) is 0 Å². The van der Waals surface area contributed by atoms with Crippen molar-refractivity contribution in [2.24, 2.45) is 0 Å². The summed E-state index contributed by atoms with van der Waals surface area (Å²) in [5, 5.41) is 10.1. The van der Waals surface area contributed by atoms with Crippen LogP contribution in [0.1, 0.15) is 57.1 Å². The maximum Gasteiger partial charge on any atom is 0.122 e. The van der Waals surface area contributed by atoms with Gasteiger partial charge in [0.25, 0.3) is 0 Å². The fourth-order valence-corrected chi connectivity index (χ4v) is 1.80. The molecule has 0 saturated heterocycles. The number of hydrogen-bond donors (Lipinski definition) is 1. The van der Waals surface area contributed by atoms with Crippen LogP contribution in [0.4, 0.5) is 0 Å². The average Bonchev–Trinajstić information content (AvgIpc) is 2.27. The molecule has 0 aliphatic heterocycles. The van der Waals surface area contributed by atoms with Gasteiger partial charge in [-0.15, -0.1) is 0 Å². The monoisotopic (exact) mass is 206 g/mol. The van der Waals surface area contributed by atoms with Crippen molar-refractivity contribution in [1.82, 2.24) is 0 Å². The van der Waals surface area contributed by atoms with E-state index in [2.05, 4.69) is 26.8 Å². The van der Waals surface area contributed by atoms with E-state index in [1.165, 1.54) is 6.42 Å². The number of hydrogen-bond acceptors (Lipinski definition) is 1. The van der Waals surface area contributed by atoms with Gasteiger partial charge < -0.3 is 5.11 Å². The van der Waals surface area contributed by atoms with Gasteiger partial charge in [0.05, 0.1) is 0 Å². The Morgan fingerprint density at radius 1 is 1.27 bits per heavy atom. The molecule has 84 valence electrons. The Balaban J connectivity index is 2.90. The zero-order valence-electron chi connectivity index (χ0n) is 10.1. The molecule has 15 heavy (non-hydrogen) atoms. The van der Waals surface area contributed by atoms with Crippen LogP contribution in [0.3, 0.4) is 0 Å². The molecule has 0 unspecified atom stereocenters. The molecule has 0 aliphatic rings. The predicted octanol–water partition coefficient (Wildman–Crippen LogP) is 4.25. The molecule has 0 fully saturated rings. The molecule has 0 saturated carbocycles.